The van der Waals surface area contributed by atoms with Crippen molar-refractivity contribution >= 4 is 0 Å². The molecule has 53 valence electrons. The van der Waals surface area contributed by atoms with Crippen LogP contribution in [0, 0.1) is 18.3 Å². The summed E-state index contributed by atoms with van der Waals surface area (Å²) in [6.07, 6.45) is 8.35. The Morgan fingerprint density at radius 1 is 1.22 bits per heavy atom. The lowest BCUT2D eigenvalue weighted by Gasteiger charge is -2.09. The molecule has 1 aliphatic rings. The van der Waals surface area contributed by atoms with Crippen molar-refractivity contribution in [2.75, 3.05) is 0 Å². The highest BCUT2D eigenvalue weighted by atomic mass is 14.2. The van der Waals surface area contributed by atoms with Crippen LogP contribution in [0.5, 0.6) is 0 Å². The lowest BCUT2D eigenvalue weighted by atomic mass is 9.96. The smallest absolute Gasteiger partial charge is 0.0329 e. The summed E-state index contributed by atoms with van der Waals surface area (Å²) >= 11 is 0. The van der Waals surface area contributed by atoms with Crippen molar-refractivity contribution in [2.24, 2.45) is 11.8 Å². The van der Waals surface area contributed by atoms with E-state index in [1.165, 1.54) is 25.7 Å². The van der Waals surface area contributed by atoms with Gasteiger partial charge in [0.05, 0.1) is 0 Å². The van der Waals surface area contributed by atoms with Gasteiger partial charge in [-0.2, -0.15) is 0 Å². The first-order valence-corrected chi connectivity index (χ1v) is 4.14. The van der Waals surface area contributed by atoms with Gasteiger partial charge in [0.25, 0.3) is 0 Å². The Bertz CT molecular complexity index is 68.1. The van der Waals surface area contributed by atoms with E-state index in [4.69, 9.17) is 0 Å². The predicted octanol–water partition coefficient (Wildman–Crippen LogP) is 3.04. The fraction of sp³-hybridized carbons (Fsp3) is 0.889. The number of hydrogen-bond acceptors (Lipinski definition) is 0. The lowest BCUT2D eigenvalue weighted by Crippen LogP contribution is -1.99. The van der Waals surface area contributed by atoms with E-state index in [2.05, 4.69) is 20.3 Å². The third kappa shape index (κ3) is 2.38. The summed E-state index contributed by atoms with van der Waals surface area (Å²) in [5, 5.41) is 0. The molecule has 0 N–H and O–H groups in total. The third-order valence-corrected chi connectivity index (χ3v) is 2.06. The molecular formula is C9H17. The minimum atomic E-state index is 0.799. The van der Waals surface area contributed by atoms with E-state index in [0.717, 1.165) is 11.8 Å². The molecule has 0 spiro atoms. The zero-order valence-corrected chi connectivity index (χ0v) is 6.56. The third-order valence-electron chi connectivity index (χ3n) is 2.06. The van der Waals surface area contributed by atoms with Crippen LogP contribution in [0.25, 0.3) is 0 Å². The molecule has 0 nitrogen and oxygen atoms in total. The van der Waals surface area contributed by atoms with Gasteiger partial charge >= 0.3 is 0 Å². The van der Waals surface area contributed by atoms with E-state index in [1.54, 1.807) is 0 Å². The topological polar surface area (TPSA) is 0 Å². The van der Waals surface area contributed by atoms with Crippen LogP contribution < -0.4 is 0 Å². The van der Waals surface area contributed by atoms with Crippen LogP contribution in [0.1, 0.15) is 39.5 Å². The molecule has 0 heterocycles. The van der Waals surface area contributed by atoms with E-state index in [9.17, 15) is 0 Å². The first kappa shape index (κ1) is 7.11. The van der Waals surface area contributed by atoms with Crippen LogP contribution in [0.4, 0.5) is 0 Å². The van der Waals surface area contributed by atoms with E-state index in [1.807, 2.05) is 0 Å². The second kappa shape index (κ2) is 3.24. The Balaban J connectivity index is 2.11. The summed E-state index contributed by atoms with van der Waals surface area (Å²) in [4.78, 5) is 0. The van der Waals surface area contributed by atoms with Crippen molar-refractivity contribution in [3.05, 3.63) is 6.42 Å². The lowest BCUT2D eigenvalue weighted by molar-refractivity contribution is 0.548. The molecule has 1 aliphatic carbocycles. The Labute approximate surface area is 58.7 Å². The van der Waals surface area contributed by atoms with Crippen molar-refractivity contribution in [1.29, 1.82) is 0 Å². The van der Waals surface area contributed by atoms with Crippen LogP contribution in [-0.4, -0.2) is 0 Å². The summed E-state index contributed by atoms with van der Waals surface area (Å²) < 4.78 is 0. The fourth-order valence-corrected chi connectivity index (χ4v) is 1.69. The second-order valence-corrected chi connectivity index (χ2v) is 3.48. The van der Waals surface area contributed by atoms with Gasteiger partial charge in [0.2, 0.25) is 0 Å². The van der Waals surface area contributed by atoms with Crippen LogP contribution in [0.3, 0.4) is 0 Å². The summed E-state index contributed by atoms with van der Waals surface area (Å²) in [5.74, 6) is 1.76. The molecule has 0 unspecified atom stereocenters. The van der Waals surface area contributed by atoms with Crippen molar-refractivity contribution in [2.45, 2.75) is 39.5 Å². The van der Waals surface area contributed by atoms with Gasteiger partial charge < -0.3 is 0 Å². The highest BCUT2D eigenvalue weighted by molar-refractivity contribution is 4.82. The van der Waals surface area contributed by atoms with Crippen LogP contribution >= 0.6 is 0 Å². The Kier molecular flexibility index (Phi) is 2.56. The molecule has 0 amide bonds. The van der Waals surface area contributed by atoms with Crippen molar-refractivity contribution in [3.63, 3.8) is 0 Å². The van der Waals surface area contributed by atoms with Gasteiger partial charge in [-0.05, 0) is 18.3 Å². The minimum Gasteiger partial charge on any atom is -0.0625 e. The Morgan fingerprint density at radius 3 is 2.22 bits per heavy atom. The normalized spacial score (nSPS) is 21.7. The number of hydrogen-bond donors (Lipinski definition) is 0. The molecule has 1 rings (SSSR count). The maximum atomic E-state index is 2.51. The highest BCUT2D eigenvalue weighted by Gasteiger charge is 2.15. The summed E-state index contributed by atoms with van der Waals surface area (Å²) in [6.45, 7) is 4.55. The van der Waals surface area contributed by atoms with E-state index < -0.39 is 0 Å². The van der Waals surface area contributed by atoms with Gasteiger partial charge in [-0.15, -0.1) is 0 Å². The maximum absolute atomic E-state index is 2.51. The molecule has 0 aromatic carbocycles. The maximum Gasteiger partial charge on any atom is -0.0329 e. The van der Waals surface area contributed by atoms with Crippen LogP contribution in [-0.2, 0) is 0 Å². The van der Waals surface area contributed by atoms with Crippen molar-refractivity contribution in [1.82, 2.24) is 0 Å². The molecule has 9 heavy (non-hydrogen) atoms. The van der Waals surface area contributed by atoms with Gasteiger partial charge in [-0.1, -0.05) is 39.5 Å². The molecule has 1 radical (unpaired) electrons. The molecule has 0 atom stereocenters. The molecular weight excluding hydrogens is 108 g/mol. The SMILES string of the molecule is CC(C)[CH]C1CCCC1. The molecule has 0 heteroatoms. The van der Waals surface area contributed by atoms with E-state index >= 15 is 0 Å². The minimum absolute atomic E-state index is 0.799. The van der Waals surface area contributed by atoms with Crippen molar-refractivity contribution in [3.8, 4) is 0 Å². The summed E-state index contributed by atoms with van der Waals surface area (Å²) in [7, 11) is 0. The first-order chi connectivity index (χ1) is 4.29. The average molecular weight is 125 g/mol. The molecule has 0 bridgehead atoms. The van der Waals surface area contributed by atoms with E-state index in [0.29, 0.717) is 0 Å². The zero-order chi connectivity index (χ0) is 6.69. The molecule has 1 fully saturated rings. The number of rotatable bonds is 2. The second-order valence-electron chi connectivity index (χ2n) is 3.48. The van der Waals surface area contributed by atoms with Gasteiger partial charge in [-0.3, -0.25) is 0 Å². The van der Waals surface area contributed by atoms with Gasteiger partial charge in [-0.25, -0.2) is 0 Å². The standard InChI is InChI=1S/C9H17/c1-8(2)7-9-5-3-4-6-9/h7-9H,3-6H2,1-2H3. The zero-order valence-electron chi connectivity index (χ0n) is 6.56. The Hall–Kier alpha value is 0. The van der Waals surface area contributed by atoms with Gasteiger partial charge in [0, 0.05) is 0 Å². The Morgan fingerprint density at radius 2 is 1.78 bits per heavy atom. The molecule has 0 aliphatic heterocycles. The monoisotopic (exact) mass is 125 g/mol. The van der Waals surface area contributed by atoms with Crippen LogP contribution in [0.2, 0.25) is 0 Å². The van der Waals surface area contributed by atoms with Gasteiger partial charge in [0.15, 0.2) is 0 Å². The summed E-state index contributed by atoms with van der Waals surface area (Å²) in [5.41, 5.74) is 0. The first-order valence-electron chi connectivity index (χ1n) is 4.14. The van der Waals surface area contributed by atoms with Crippen molar-refractivity contribution < 1.29 is 0 Å². The highest BCUT2D eigenvalue weighted by Crippen LogP contribution is 2.28. The van der Waals surface area contributed by atoms with E-state index in [-0.39, 0.29) is 0 Å². The molecule has 0 aromatic rings. The van der Waals surface area contributed by atoms with Crippen LogP contribution in [0.15, 0.2) is 0 Å². The molecule has 0 saturated heterocycles. The van der Waals surface area contributed by atoms with Gasteiger partial charge in [0.1, 0.15) is 0 Å². The molecule has 1 saturated carbocycles. The quantitative estimate of drug-likeness (QED) is 0.532. The molecule has 0 aromatic heterocycles. The largest absolute Gasteiger partial charge is 0.0625 e. The summed E-state index contributed by atoms with van der Waals surface area (Å²) in [6, 6.07) is 0. The average Bonchev–Trinajstić information content (AvgIpc) is 2.15. The fourth-order valence-electron chi connectivity index (χ4n) is 1.69. The predicted molar refractivity (Wildman–Crippen MR) is 41.1 cm³/mol.